The van der Waals surface area contributed by atoms with Crippen LogP contribution in [0.2, 0.25) is 0 Å². The lowest BCUT2D eigenvalue weighted by atomic mass is 9.95. The van der Waals surface area contributed by atoms with Crippen LogP contribution in [0.3, 0.4) is 0 Å². The van der Waals surface area contributed by atoms with E-state index < -0.39 is 35.0 Å². The Hall–Kier alpha value is -1.63. The molecule has 1 rings (SSSR count). The summed E-state index contributed by atoms with van der Waals surface area (Å²) in [6.45, 7) is 3.39. The lowest BCUT2D eigenvalue weighted by Gasteiger charge is -2.19. The van der Waals surface area contributed by atoms with E-state index >= 15 is 0 Å². The molecule has 0 aliphatic rings. The fraction of sp³-hybridized carbons (Fsp3) is 0.333. The molecule has 1 atom stereocenters. The van der Waals surface area contributed by atoms with Gasteiger partial charge in [-0.25, -0.2) is 13.2 Å². The van der Waals surface area contributed by atoms with Crippen LogP contribution in [0.5, 0.6) is 0 Å². The van der Waals surface area contributed by atoms with Gasteiger partial charge >= 0.3 is 0 Å². The molecule has 1 amide bonds. The van der Waals surface area contributed by atoms with E-state index in [1.54, 1.807) is 13.8 Å². The maximum absolute atomic E-state index is 13.4. The number of thiocarbonyl (C=S) groups is 1. The number of amides is 1. The first-order chi connectivity index (χ1) is 8.73. The Morgan fingerprint density at radius 1 is 1.26 bits per heavy atom. The summed E-state index contributed by atoms with van der Waals surface area (Å²) < 4.78 is 39.5. The number of nitrogens with one attached hydrogen (secondary N) is 1. The predicted molar refractivity (Wildman–Crippen MR) is 70.1 cm³/mol. The molecule has 1 aromatic carbocycles. The standard InChI is InChI=1S/C12H13F3N2OS/c1-5(2)9(11(16)19)12(18)17-10-7(14)3-6(13)4-8(10)15/h3-5,9H,1-2H3,(H2,16,19)(H,17,18). The van der Waals surface area contributed by atoms with Crippen molar-refractivity contribution in [2.75, 3.05) is 5.32 Å². The number of hydrogen-bond acceptors (Lipinski definition) is 2. The third-order valence-corrected chi connectivity index (χ3v) is 2.76. The van der Waals surface area contributed by atoms with Crippen molar-refractivity contribution in [3.05, 3.63) is 29.6 Å². The normalized spacial score (nSPS) is 12.3. The first-order valence-electron chi connectivity index (χ1n) is 5.48. The minimum atomic E-state index is -1.20. The molecule has 7 heteroatoms. The van der Waals surface area contributed by atoms with E-state index in [4.69, 9.17) is 18.0 Å². The zero-order valence-electron chi connectivity index (χ0n) is 10.3. The van der Waals surface area contributed by atoms with Crippen molar-refractivity contribution in [3.8, 4) is 0 Å². The molecule has 1 unspecified atom stereocenters. The Labute approximate surface area is 114 Å². The lowest BCUT2D eigenvalue weighted by Crippen LogP contribution is -2.37. The topological polar surface area (TPSA) is 55.1 Å². The molecule has 0 saturated carbocycles. The first-order valence-corrected chi connectivity index (χ1v) is 5.89. The summed E-state index contributed by atoms with van der Waals surface area (Å²) in [5, 5.41) is 2.05. The van der Waals surface area contributed by atoms with Crippen LogP contribution < -0.4 is 11.1 Å². The van der Waals surface area contributed by atoms with E-state index in [1.165, 1.54) is 0 Å². The molecule has 3 N–H and O–H groups in total. The van der Waals surface area contributed by atoms with Crippen LogP contribution >= 0.6 is 12.2 Å². The summed E-state index contributed by atoms with van der Waals surface area (Å²) in [7, 11) is 0. The molecular weight excluding hydrogens is 277 g/mol. The smallest absolute Gasteiger partial charge is 0.234 e. The Kier molecular flexibility index (Phi) is 4.88. The number of benzene rings is 1. The number of anilines is 1. The highest BCUT2D eigenvalue weighted by Crippen LogP contribution is 2.22. The van der Waals surface area contributed by atoms with Gasteiger partial charge in [0.1, 0.15) is 11.5 Å². The van der Waals surface area contributed by atoms with Crippen LogP contribution in [0.4, 0.5) is 18.9 Å². The quantitative estimate of drug-likeness (QED) is 0.838. The maximum Gasteiger partial charge on any atom is 0.234 e. The maximum atomic E-state index is 13.4. The molecule has 0 fully saturated rings. The molecule has 0 aliphatic carbocycles. The molecule has 19 heavy (non-hydrogen) atoms. The van der Waals surface area contributed by atoms with E-state index in [0.717, 1.165) is 0 Å². The molecule has 0 spiro atoms. The fourth-order valence-corrected chi connectivity index (χ4v) is 2.00. The van der Waals surface area contributed by atoms with Gasteiger partial charge in [-0.15, -0.1) is 0 Å². The summed E-state index contributed by atoms with van der Waals surface area (Å²) in [6, 6.07) is 0.952. The highest BCUT2D eigenvalue weighted by molar-refractivity contribution is 7.80. The van der Waals surface area contributed by atoms with Crippen LogP contribution in [0, 0.1) is 29.3 Å². The Morgan fingerprint density at radius 3 is 2.11 bits per heavy atom. The summed E-state index contributed by atoms with van der Waals surface area (Å²) in [5.74, 6) is -5.29. The van der Waals surface area contributed by atoms with Gasteiger partial charge in [0.2, 0.25) is 5.91 Å². The largest absolute Gasteiger partial charge is 0.393 e. The van der Waals surface area contributed by atoms with Crippen LogP contribution in [0.25, 0.3) is 0 Å². The van der Waals surface area contributed by atoms with Crippen molar-refractivity contribution >= 4 is 28.8 Å². The number of carbonyl (C=O) groups excluding carboxylic acids is 1. The van der Waals surface area contributed by atoms with Gasteiger partial charge in [0.25, 0.3) is 0 Å². The van der Waals surface area contributed by atoms with Crippen molar-refractivity contribution in [2.45, 2.75) is 13.8 Å². The minimum absolute atomic E-state index is 0.0737. The van der Waals surface area contributed by atoms with Crippen LogP contribution in [0.15, 0.2) is 12.1 Å². The summed E-state index contributed by atoms with van der Waals surface area (Å²) in [4.78, 5) is 11.8. The molecular formula is C12H13F3N2OS. The molecule has 0 heterocycles. The number of nitrogens with two attached hydrogens (primary N) is 1. The van der Waals surface area contributed by atoms with Crippen molar-refractivity contribution in [3.63, 3.8) is 0 Å². The summed E-state index contributed by atoms with van der Waals surface area (Å²) >= 11 is 4.74. The molecule has 104 valence electrons. The van der Waals surface area contributed by atoms with Crippen molar-refractivity contribution in [2.24, 2.45) is 17.6 Å². The number of halogens is 3. The second kappa shape index (κ2) is 6.01. The zero-order chi connectivity index (χ0) is 14.7. The second-order valence-electron chi connectivity index (χ2n) is 4.36. The second-order valence-corrected chi connectivity index (χ2v) is 4.83. The average molecular weight is 290 g/mol. The Bertz CT molecular complexity index is 497. The number of carbonyl (C=O) groups is 1. The third kappa shape index (κ3) is 3.66. The average Bonchev–Trinajstić information content (AvgIpc) is 2.22. The van der Waals surface area contributed by atoms with Gasteiger partial charge in [0, 0.05) is 12.1 Å². The molecule has 3 nitrogen and oxygen atoms in total. The first kappa shape index (κ1) is 15.4. The van der Waals surface area contributed by atoms with Gasteiger partial charge in [0.15, 0.2) is 11.6 Å². The molecule has 0 bridgehead atoms. The van der Waals surface area contributed by atoms with Crippen LogP contribution in [-0.2, 0) is 4.79 Å². The van der Waals surface area contributed by atoms with Crippen molar-refractivity contribution in [1.29, 1.82) is 0 Å². The molecule has 0 aromatic heterocycles. The van der Waals surface area contributed by atoms with Gasteiger partial charge < -0.3 is 11.1 Å². The zero-order valence-corrected chi connectivity index (χ0v) is 11.2. The summed E-state index contributed by atoms with van der Waals surface area (Å²) in [6.07, 6.45) is 0. The van der Waals surface area contributed by atoms with Crippen molar-refractivity contribution < 1.29 is 18.0 Å². The number of rotatable bonds is 4. The van der Waals surface area contributed by atoms with E-state index in [0.29, 0.717) is 12.1 Å². The lowest BCUT2D eigenvalue weighted by molar-refractivity contribution is -0.118. The Morgan fingerprint density at radius 2 is 1.74 bits per heavy atom. The molecule has 1 aromatic rings. The van der Waals surface area contributed by atoms with Crippen molar-refractivity contribution in [1.82, 2.24) is 0 Å². The highest BCUT2D eigenvalue weighted by Gasteiger charge is 2.26. The Balaban J connectivity index is 3.03. The van der Waals surface area contributed by atoms with E-state index in [-0.39, 0.29) is 10.9 Å². The van der Waals surface area contributed by atoms with E-state index in [1.807, 2.05) is 5.32 Å². The molecule has 0 radical (unpaired) electrons. The van der Waals surface area contributed by atoms with Gasteiger partial charge in [-0.05, 0) is 5.92 Å². The molecule has 0 aliphatic heterocycles. The number of hydrogen-bond donors (Lipinski definition) is 2. The van der Waals surface area contributed by atoms with Crippen LogP contribution in [-0.4, -0.2) is 10.9 Å². The van der Waals surface area contributed by atoms with Gasteiger partial charge in [-0.1, -0.05) is 26.1 Å². The van der Waals surface area contributed by atoms with Gasteiger partial charge in [0.05, 0.1) is 10.9 Å². The molecule has 0 saturated heterocycles. The fourth-order valence-electron chi connectivity index (χ4n) is 1.62. The van der Waals surface area contributed by atoms with Gasteiger partial charge in [-0.3, -0.25) is 4.79 Å². The van der Waals surface area contributed by atoms with Gasteiger partial charge in [-0.2, -0.15) is 0 Å². The predicted octanol–water partition coefficient (Wildman–Crippen LogP) is 2.60. The highest BCUT2D eigenvalue weighted by atomic mass is 32.1. The summed E-state index contributed by atoms with van der Waals surface area (Å²) in [5.41, 5.74) is 4.70. The van der Waals surface area contributed by atoms with E-state index in [2.05, 4.69) is 0 Å². The van der Waals surface area contributed by atoms with E-state index in [9.17, 15) is 18.0 Å². The minimum Gasteiger partial charge on any atom is -0.393 e. The SMILES string of the molecule is CC(C)C(C(=O)Nc1c(F)cc(F)cc1F)C(N)=S. The van der Waals surface area contributed by atoms with Crippen LogP contribution in [0.1, 0.15) is 13.8 Å². The third-order valence-electron chi connectivity index (χ3n) is 2.51. The monoisotopic (exact) mass is 290 g/mol.